The fraction of sp³-hybridized carbons (Fsp3) is 0.100. The molecule has 0 aliphatic heterocycles. The second kappa shape index (κ2) is 4.18. The van der Waals surface area contributed by atoms with Gasteiger partial charge < -0.3 is 5.11 Å². The van der Waals surface area contributed by atoms with Crippen molar-refractivity contribution in [2.45, 2.75) is 6.42 Å². The fourth-order valence-electron chi connectivity index (χ4n) is 1.18. The largest absolute Gasteiger partial charge is 0.475 e. The van der Waals surface area contributed by atoms with Crippen LogP contribution in [0.3, 0.4) is 0 Å². The molecule has 76 valence electrons. The lowest BCUT2D eigenvalue weighted by Gasteiger charge is -1.94. The molecular weight excluding hydrogens is 212 g/mol. The Morgan fingerprint density at radius 1 is 1.33 bits per heavy atom. The van der Waals surface area contributed by atoms with Crippen LogP contribution in [0.5, 0.6) is 0 Å². The van der Waals surface area contributed by atoms with Gasteiger partial charge in [-0.05, 0) is 17.1 Å². The van der Waals surface area contributed by atoms with Crippen LogP contribution >= 0.6 is 11.5 Å². The van der Waals surface area contributed by atoms with Crippen LogP contribution in [-0.2, 0) is 6.42 Å². The van der Waals surface area contributed by atoms with Crippen molar-refractivity contribution in [2.24, 2.45) is 0 Å². The number of carbonyl (C=O) groups is 1. The summed E-state index contributed by atoms with van der Waals surface area (Å²) in [6.45, 7) is 0. The van der Waals surface area contributed by atoms with Gasteiger partial charge in [0.2, 0.25) is 0 Å². The number of hydrogen-bond donors (Lipinski definition) is 1. The van der Waals surface area contributed by atoms with Crippen molar-refractivity contribution >= 4 is 17.5 Å². The molecule has 1 heterocycles. The molecule has 0 atom stereocenters. The summed E-state index contributed by atoms with van der Waals surface area (Å²) in [5, 5.41) is 9.37. The molecular formula is C10H8N2O2S. The van der Waals surface area contributed by atoms with E-state index in [1.165, 1.54) is 0 Å². The van der Waals surface area contributed by atoms with E-state index in [9.17, 15) is 4.79 Å². The third-order valence-corrected chi connectivity index (χ3v) is 2.57. The standard InChI is InChI=1S/C10H8N2O2S/c13-10(14)9-11-8(15-12-9)6-7-4-2-1-3-5-7/h1-5H,6H2,(H,13,14). The van der Waals surface area contributed by atoms with Crippen LogP contribution in [0, 0.1) is 0 Å². The zero-order chi connectivity index (χ0) is 10.7. The highest BCUT2D eigenvalue weighted by atomic mass is 32.1. The van der Waals surface area contributed by atoms with E-state index in [1.54, 1.807) is 0 Å². The minimum Gasteiger partial charge on any atom is -0.475 e. The van der Waals surface area contributed by atoms with Gasteiger partial charge >= 0.3 is 5.97 Å². The van der Waals surface area contributed by atoms with Crippen molar-refractivity contribution < 1.29 is 9.90 Å². The van der Waals surface area contributed by atoms with Gasteiger partial charge in [0.1, 0.15) is 5.01 Å². The van der Waals surface area contributed by atoms with Crippen LogP contribution in [0.1, 0.15) is 21.2 Å². The van der Waals surface area contributed by atoms with Crippen molar-refractivity contribution in [3.63, 3.8) is 0 Å². The first-order valence-corrected chi connectivity index (χ1v) is 5.13. The Morgan fingerprint density at radius 2 is 2.07 bits per heavy atom. The number of aromatic nitrogens is 2. The van der Waals surface area contributed by atoms with Gasteiger partial charge in [-0.2, -0.15) is 4.37 Å². The molecule has 4 nitrogen and oxygen atoms in total. The molecule has 0 saturated heterocycles. The van der Waals surface area contributed by atoms with Crippen molar-refractivity contribution in [1.29, 1.82) is 0 Å². The molecule has 1 aromatic carbocycles. The zero-order valence-corrected chi connectivity index (χ0v) is 8.57. The minimum absolute atomic E-state index is 0.120. The maximum absolute atomic E-state index is 10.5. The van der Waals surface area contributed by atoms with Crippen LogP contribution in [0.4, 0.5) is 0 Å². The molecule has 0 aliphatic carbocycles. The number of nitrogens with zero attached hydrogens (tertiary/aromatic N) is 2. The fourth-order valence-corrected chi connectivity index (χ4v) is 1.85. The van der Waals surface area contributed by atoms with E-state index in [2.05, 4.69) is 9.36 Å². The molecule has 2 aromatic rings. The predicted octanol–water partition coefficient (Wildman–Crippen LogP) is 1.83. The number of carboxylic acid groups (broad SMARTS) is 1. The van der Waals surface area contributed by atoms with E-state index < -0.39 is 5.97 Å². The summed E-state index contributed by atoms with van der Waals surface area (Å²) in [7, 11) is 0. The van der Waals surface area contributed by atoms with Gasteiger partial charge in [-0.1, -0.05) is 30.3 Å². The number of benzene rings is 1. The molecule has 0 saturated carbocycles. The third kappa shape index (κ3) is 2.38. The molecule has 0 amide bonds. The smallest absolute Gasteiger partial charge is 0.374 e. The van der Waals surface area contributed by atoms with Crippen molar-refractivity contribution in [2.75, 3.05) is 0 Å². The van der Waals surface area contributed by atoms with Crippen LogP contribution in [0.25, 0.3) is 0 Å². The first kappa shape index (κ1) is 9.79. The number of rotatable bonds is 3. The van der Waals surface area contributed by atoms with E-state index in [1.807, 2.05) is 30.3 Å². The van der Waals surface area contributed by atoms with Crippen LogP contribution < -0.4 is 0 Å². The average Bonchev–Trinajstić information content (AvgIpc) is 2.68. The first-order valence-electron chi connectivity index (χ1n) is 4.35. The molecule has 1 aromatic heterocycles. The molecule has 0 unspecified atom stereocenters. The van der Waals surface area contributed by atoms with Crippen LogP contribution in [-0.4, -0.2) is 20.4 Å². The highest BCUT2D eigenvalue weighted by Gasteiger charge is 2.10. The SMILES string of the molecule is O=C(O)c1nsc(Cc2ccccc2)n1. The molecule has 0 radical (unpaired) electrons. The first-order chi connectivity index (χ1) is 7.25. The monoisotopic (exact) mass is 220 g/mol. The minimum atomic E-state index is -1.08. The average molecular weight is 220 g/mol. The van der Waals surface area contributed by atoms with Gasteiger partial charge in [0.15, 0.2) is 0 Å². The van der Waals surface area contributed by atoms with Crippen LogP contribution in [0.2, 0.25) is 0 Å². The Morgan fingerprint density at radius 3 is 2.67 bits per heavy atom. The molecule has 0 fully saturated rings. The van der Waals surface area contributed by atoms with Gasteiger partial charge in [0, 0.05) is 6.42 Å². The highest BCUT2D eigenvalue weighted by molar-refractivity contribution is 7.05. The Hall–Kier alpha value is -1.75. The number of aromatic carboxylic acids is 1. The molecule has 1 N–H and O–H groups in total. The van der Waals surface area contributed by atoms with Gasteiger partial charge in [0.05, 0.1) is 0 Å². The maximum Gasteiger partial charge on any atom is 0.374 e. The number of hydrogen-bond acceptors (Lipinski definition) is 4. The Balaban J connectivity index is 2.15. The van der Waals surface area contributed by atoms with E-state index in [0.717, 1.165) is 22.1 Å². The zero-order valence-electron chi connectivity index (χ0n) is 7.75. The Kier molecular flexibility index (Phi) is 2.73. The highest BCUT2D eigenvalue weighted by Crippen LogP contribution is 2.11. The van der Waals surface area contributed by atoms with Crippen molar-refractivity contribution in [1.82, 2.24) is 9.36 Å². The summed E-state index contributed by atoms with van der Waals surface area (Å²) in [4.78, 5) is 14.5. The lowest BCUT2D eigenvalue weighted by Crippen LogP contribution is -1.98. The van der Waals surface area contributed by atoms with Crippen LogP contribution in [0.15, 0.2) is 30.3 Å². The normalized spacial score (nSPS) is 10.1. The summed E-state index contributed by atoms with van der Waals surface area (Å²) in [6.07, 6.45) is 0.631. The van der Waals surface area contributed by atoms with Gasteiger partial charge in [-0.3, -0.25) is 0 Å². The number of carboxylic acids is 1. The van der Waals surface area contributed by atoms with E-state index in [4.69, 9.17) is 5.11 Å². The van der Waals surface area contributed by atoms with E-state index >= 15 is 0 Å². The third-order valence-electron chi connectivity index (χ3n) is 1.86. The molecule has 0 spiro atoms. The van der Waals surface area contributed by atoms with Crippen molar-refractivity contribution in [3.8, 4) is 0 Å². The Labute approximate surface area is 90.4 Å². The van der Waals surface area contributed by atoms with Gasteiger partial charge in [-0.15, -0.1) is 0 Å². The molecule has 0 bridgehead atoms. The van der Waals surface area contributed by atoms with E-state index in [0.29, 0.717) is 6.42 Å². The van der Waals surface area contributed by atoms with E-state index in [-0.39, 0.29) is 5.82 Å². The second-order valence-corrected chi connectivity index (χ2v) is 3.82. The molecule has 15 heavy (non-hydrogen) atoms. The summed E-state index contributed by atoms with van der Waals surface area (Å²) in [5.74, 6) is -1.20. The summed E-state index contributed by atoms with van der Waals surface area (Å²) >= 11 is 1.13. The topological polar surface area (TPSA) is 63.1 Å². The Bertz CT molecular complexity index is 467. The summed E-state index contributed by atoms with van der Waals surface area (Å²) in [6, 6.07) is 9.76. The quantitative estimate of drug-likeness (QED) is 0.857. The maximum atomic E-state index is 10.5. The summed E-state index contributed by atoms with van der Waals surface area (Å²) in [5.41, 5.74) is 1.10. The lowest BCUT2D eigenvalue weighted by molar-refractivity contribution is 0.0685. The predicted molar refractivity (Wildman–Crippen MR) is 56.1 cm³/mol. The summed E-state index contributed by atoms with van der Waals surface area (Å²) < 4.78 is 3.74. The van der Waals surface area contributed by atoms with Crippen molar-refractivity contribution in [3.05, 3.63) is 46.7 Å². The van der Waals surface area contributed by atoms with Gasteiger partial charge in [0.25, 0.3) is 5.82 Å². The second-order valence-electron chi connectivity index (χ2n) is 2.98. The van der Waals surface area contributed by atoms with Gasteiger partial charge in [-0.25, -0.2) is 9.78 Å². The lowest BCUT2D eigenvalue weighted by atomic mass is 10.2. The molecule has 2 rings (SSSR count). The molecule has 5 heteroatoms. The molecule has 0 aliphatic rings.